The van der Waals surface area contributed by atoms with Crippen LogP contribution in [0.4, 0.5) is 5.88 Å². The molecule has 0 aliphatic rings. The highest BCUT2D eigenvalue weighted by atomic mass is 16.4. The number of hydrogen-bond acceptors (Lipinski definition) is 5. The molecule has 0 saturated heterocycles. The number of anilines is 1. The number of nitrogens with one attached hydrogen (secondary N) is 1. The maximum Gasteiger partial charge on any atom is 0.232 e. The third-order valence-corrected chi connectivity index (χ3v) is 2.87. The maximum absolute atomic E-state index is 9.00. The number of aromatic nitrogens is 2. The Hall–Kier alpha value is -2.87. The fourth-order valence-corrected chi connectivity index (χ4v) is 1.99. The summed E-state index contributed by atoms with van der Waals surface area (Å²) in [4.78, 5) is 8.30. The van der Waals surface area contributed by atoms with E-state index in [2.05, 4.69) is 15.3 Å². The number of nitrogens with zero attached hydrogens (tertiary/aromatic N) is 3. The Labute approximate surface area is 109 Å². The van der Waals surface area contributed by atoms with Gasteiger partial charge in [-0.1, -0.05) is 12.1 Å². The van der Waals surface area contributed by atoms with Gasteiger partial charge in [-0.25, -0.2) is 0 Å². The van der Waals surface area contributed by atoms with Gasteiger partial charge in [0, 0.05) is 30.4 Å². The van der Waals surface area contributed by atoms with Gasteiger partial charge in [0.2, 0.25) is 17.5 Å². The molecule has 0 amide bonds. The number of pyridine rings is 1. The molecule has 0 unspecified atom stereocenters. The fraction of sp³-hybridized carbons (Fsp3) is 0.0714. The van der Waals surface area contributed by atoms with Crippen LogP contribution >= 0.6 is 0 Å². The van der Waals surface area contributed by atoms with Crippen molar-refractivity contribution in [2.45, 2.75) is 0 Å². The van der Waals surface area contributed by atoms with Crippen molar-refractivity contribution >= 4 is 16.7 Å². The zero-order valence-corrected chi connectivity index (χ0v) is 10.2. The highest BCUT2D eigenvalue weighted by molar-refractivity contribution is 5.94. The van der Waals surface area contributed by atoms with E-state index < -0.39 is 0 Å². The standard InChI is InChI=1S/C14H10N4O/c1-16-14-12(7-15)18-13(19-14)11-4-2-3-9-8-17-6-5-10(9)11/h2-6,8,16H,1H3. The van der Waals surface area contributed by atoms with E-state index >= 15 is 0 Å². The van der Waals surface area contributed by atoms with Gasteiger partial charge in [-0.2, -0.15) is 10.2 Å². The van der Waals surface area contributed by atoms with E-state index in [4.69, 9.17) is 9.68 Å². The first-order valence-corrected chi connectivity index (χ1v) is 5.75. The molecule has 2 aromatic heterocycles. The molecule has 0 aliphatic heterocycles. The highest BCUT2D eigenvalue weighted by Gasteiger charge is 2.14. The molecule has 19 heavy (non-hydrogen) atoms. The Kier molecular flexibility index (Phi) is 2.62. The summed E-state index contributed by atoms with van der Waals surface area (Å²) in [6, 6.07) is 9.70. The molecule has 1 N–H and O–H groups in total. The van der Waals surface area contributed by atoms with Crippen LogP contribution in [-0.2, 0) is 0 Å². The van der Waals surface area contributed by atoms with Crippen molar-refractivity contribution in [3.8, 4) is 17.5 Å². The molecular formula is C14H10N4O. The fourth-order valence-electron chi connectivity index (χ4n) is 1.99. The van der Waals surface area contributed by atoms with Gasteiger partial charge in [0.25, 0.3) is 0 Å². The summed E-state index contributed by atoms with van der Waals surface area (Å²) in [6.07, 6.45) is 3.50. The number of oxazole rings is 1. The van der Waals surface area contributed by atoms with Crippen LogP contribution in [0.5, 0.6) is 0 Å². The van der Waals surface area contributed by atoms with Crippen molar-refractivity contribution in [3.63, 3.8) is 0 Å². The minimum absolute atomic E-state index is 0.253. The molecule has 5 heteroatoms. The van der Waals surface area contributed by atoms with Gasteiger partial charge in [-0.05, 0) is 17.5 Å². The summed E-state index contributed by atoms with van der Waals surface area (Å²) >= 11 is 0. The van der Waals surface area contributed by atoms with E-state index in [1.54, 1.807) is 19.4 Å². The molecule has 0 radical (unpaired) electrons. The number of benzene rings is 1. The molecule has 2 heterocycles. The van der Waals surface area contributed by atoms with Crippen LogP contribution in [0, 0.1) is 11.3 Å². The van der Waals surface area contributed by atoms with E-state index in [9.17, 15) is 0 Å². The first-order chi connectivity index (χ1) is 9.33. The molecular weight excluding hydrogens is 240 g/mol. The second-order valence-electron chi connectivity index (χ2n) is 3.96. The van der Waals surface area contributed by atoms with Crippen LogP contribution in [0.15, 0.2) is 41.1 Å². The average molecular weight is 250 g/mol. The largest absolute Gasteiger partial charge is 0.419 e. The lowest BCUT2D eigenvalue weighted by atomic mass is 10.1. The maximum atomic E-state index is 9.00. The first-order valence-electron chi connectivity index (χ1n) is 5.75. The van der Waals surface area contributed by atoms with Crippen LogP contribution in [0.3, 0.4) is 0 Å². The summed E-state index contributed by atoms with van der Waals surface area (Å²) < 4.78 is 5.58. The second-order valence-corrected chi connectivity index (χ2v) is 3.96. The van der Waals surface area contributed by atoms with Gasteiger partial charge >= 0.3 is 0 Å². The number of rotatable bonds is 2. The smallest absolute Gasteiger partial charge is 0.232 e. The second kappa shape index (κ2) is 4.42. The lowest BCUT2D eigenvalue weighted by Gasteiger charge is -2.01. The molecule has 0 bridgehead atoms. The van der Waals surface area contributed by atoms with Crippen molar-refractivity contribution in [1.82, 2.24) is 9.97 Å². The zero-order valence-electron chi connectivity index (χ0n) is 10.2. The minimum Gasteiger partial charge on any atom is -0.419 e. The third kappa shape index (κ3) is 1.79. The Bertz CT molecular complexity index is 780. The van der Waals surface area contributed by atoms with Crippen molar-refractivity contribution in [1.29, 1.82) is 5.26 Å². The van der Waals surface area contributed by atoms with Gasteiger partial charge < -0.3 is 9.73 Å². The Morgan fingerprint density at radius 2 is 2.21 bits per heavy atom. The van der Waals surface area contributed by atoms with Gasteiger partial charge in [0.1, 0.15) is 6.07 Å². The topological polar surface area (TPSA) is 74.7 Å². The average Bonchev–Trinajstić information content (AvgIpc) is 2.89. The van der Waals surface area contributed by atoms with E-state index in [0.29, 0.717) is 11.8 Å². The molecule has 0 saturated carbocycles. The molecule has 3 rings (SSSR count). The molecule has 0 atom stereocenters. The molecule has 5 nitrogen and oxygen atoms in total. The van der Waals surface area contributed by atoms with E-state index in [1.165, 1.54) is 0 Å². The van der Waals surface area contributed by atoms with Crippen LogP contribution in [0.2, 0.25) is 0 Å². The Morgan fingerprint density at radius 1 is 1.32 bits per heavy atom. The summed E-state index contributed by atoms with van der Waals surface area (Å²) in [7, 11) is 1.69. The van der Waals surface area contributed by atoms with Crippen molar-refractivity contribution in [2.75, 3.05) is 12.4 Å². The predicted molar refractivity (Wildman–Crippen MR) is 71.5 cm³/mol. The highest BCUT2D eigenvalue weighted by Crippen LogP contribution is 2.30. The van der Waals surface area contributed by atoms with Gasteiger partial charge in [-0.3, -0.25) is 4.98 Å². The van der Waals surface area contributed by atoms with Gasteiger partial charge in [0.15, 0.2) is 0 Å². The first kappa shape index (κ1) is 11.2. The molecule has 3 aromatic rings. The molecule has 92 valence electrons. The molecule has 0 spiro atoms. The Balaban J connectivity index is 2.25. The Morgan fingerprint density at radius 3 is 2.95 bits per heavy atom. The third-order valence-electron chi connectivity index (χ3n) is 2.87. The zero-order chi connectivity index (χ0) is 13.2. The number of hydrogen-bond donors (Lipinski definition) is 1. The van der Waals surface area contributed by atoms with Crippen molar-refractivity contribution in [2.24, 2.45) is 0 Å². The lowest BCUT2D eigenvalue weighted by Crippen LogP contribution is -1.87. The monoisotopic (exact) mass is 250 g/mol. The summed E-state index contributed by atoms with van der Waals surface area (Å²) in [5.74, 6) is 0.807. The van der Waals surface area contributed by atoms with Gasteiger partial charge in [0.05, 0.1) is 0 Å². The number of nitriles is 1. The lowest BCUT2D eigenvalue weighted by molar-refractivity contribution is 0.590. The van der Waals surface area contributed by atoms with Crippen LogP contribution in [-0.4, -0.2) is 17.0 Å². The summed E-state index contributed by atoms with van der Waals surface area (Å²) in [6.45, 7) is 0. The molecule has 0 fully saturated rings. The van der Waals surface area contributed by atoms with E-state index in [1.807, 2.05) is 30.3 Å². The molecule has 0 aliphatic carbocycles. The normalized spacial score (nSPS) is 10.3. The number of fused-ring (bicyclic) bond motifs is 1. The van der Waals surface area contributed by atoms with Crippen LogP contribution in [0.1, 0.15) is 5.69 Å². The van der Waals surface area contributed by atoms with Crippen LogP contribution in [0.25, 0.3) is 22.2 Å². The van der Waals surface area contributed by atoms with Crippen LogP contribution < -0.4 is 5.32 Å². The van der Waals surface area contributed by atoms with E-state index in [0.717, 1.165) is 16.3 Å². The predicted octanol–water partition coefficient (Wildman–Crippen LogP) is 2.80. The quantitative estimate of drug-likeness (QED) is 0.756. The van der Waals surface area contributed by atoms with Crippen molar-refractivity contribution < 1.29 is 4.42 Å². The summed E-state index contributed by atoms with van der Waals surface area (Å²) in [5, 5.41) is 13.8. The minimum atomic E-state index is 0.253. The SMILES string of the molecule is CNc1oc(-c2cccc3cnccc23)nc1C#N. The molecule has 1 aromatic carbocycles. The summed E-state index contributed by atoms with van der Waals surface area (Å²) in [5.41, 5.74) is 1.10. The van der Waals surface area contributed by atoms with Gasteiger partial charge in [-0.15, -0.1) is 0 Å². The van der Waals surface area contributed by atoms with Crippen molar-refractivity contribution in [3.05, 3.63) is 42.4 Å². The van der Waals surface area contributed by atoms with E-state index in [-0.39, 0.29) is 5.69 Å².